The molecule has 1 aliphatic rings. The number of sulfonamides is 1. The highest BCUT2D eigenvalue weighted by Gasteiger charge is 2.31. The van der Waals surface area contributed by atoms with Crippen molar-refractivity contribution < 1.29 is 17.9 Å². The second-order valence-electron chi connectivity index (χ2n) is 5.97. The molecule has 2 aromatic rings. The van der Waals surface area contributed by atoms with E-state index in [4.69, 9.17) is 27.9 Å². The molecule has 9 heteroatoms. The van der Waals surface area contributed by atoms with E-state index < -0.39 is 10.0 Å². The number of rotatable bonds is 4. The van der Waals surface area contributed by atoms with Gasteiger partial charge in [0.2, 0.25) is 10.0 Å². The molecular formula is C18H18Cl2N2O4S. The molecule has 0 atom stereocenters. The minimum atomic E-state index is -3.70. The maximum Gasteiger partial charge on any atom is 0.257 e. The first-order valence-corrected chi connectivity index (χ1v) is 10.4. The van der Waals surface area contributed by atoms with Crippen molar-refractivity contribution in [1.29, 1.82) is 0 Å². The second-order valence-corrected chi connectivity index (χ2v) is 8.72. The molecule has 3 rings (SSSR count). The van der Waals surface area contributed by atoms with Crippen LogP contribution in [0.4, 0.5) is 0 Å². The van der Waals surface area contributed by atoms with Crippen molar-refractivity contribution in [3.8, 4) is 5.75 Å². The first kappa shape index (κ1) is 19.9. The number of carbonyl (C=O) groups excluding carboxylic acids is 1. The zero-order chi connectivity index (χ0) is 19.6. The average molecular weight is 429 g/mol. The van der Waals surface area contributed by atoms with E-state index in [-0.39, 0.29) is 42.0 Å². The maximum absolute atomic E-state index is 12.8. The van der Waals surface area contributed by atoms with E-state index in [2.05, 4.69) is 0 Å². The van der Waals surface area contributed by atoms with Crippen LogP contribution in [0, 0.1) is 0 Å². The number of halogens is 2. The molecule has 1 heterocycles. The van der Waals surface area contributed by atoms with Gasteiger partial charge in [-0.2, -0.15) is 4.31 Å². The predicted octanol–water partition coefficient (Wildman–Crippen LogP) is 3.15. The maximum atomic E-state index is 12.8. The van der Waals surface area contributed by atoms with Gasteiger partial charge in [0.15, 0.2) is 0 Å². The molecule has 27 heavy (non-hydrogen) atoms. The Morgan fingerprint density at radius 3 is 2.30 bits per heavy atom. The molecule has 0 N–H and O–H groups in total. The summed E-state index contributed by atoms with van der Waals surface area (Å²) in [6.07, 6.45) is 0. The van der Waals surface area contributed by atoms with Crippen LogP contribution in [0.25, 0.3) is 0 Å². The summed E-state index contributed by atoms with van der Waals surface area (Å²) < 4.78 is 32.2. The number of ether oxygens (including phenoxy) is 1. The molecule has 6 nitrogen and oxygen atoms in total. The molecule has 0 aliphatic carbocycles. The van der Waals surface area contributed by atoms with Crippen LogP contribution in [-0.4, -0.2) is 56.8 Å². The summed E-state index contributed by atoms with van der Waals surface area (Å²) in [6.45, 7) is 0.974. The van der Waals surface area contributed by atoms with E-state index in [0.29, 0.717) is 16.3 Å². The van der Waals surface area contributed by atoms with Crippen LogP contribution in [0.2, 0.25) is 10.0 Å². The lowest BCUT2D eigenvalue weighted by molar-refractivity contribution is 0.0694. The highest BCUT2D eigenvalue weighted by atomic mass is 35.5. The Hall–Kier alpha value is -1.80. The lowest BCUT2D eigenvalue weighted by atomic mass is 10.1. The summed E-state index contributed by atoms with van der Waals surface area (Å²) in [4.78, 5) is 14.4. The number of benzene rings is 2. The van der Waals surface area contributed by atoms with E-state index in [9.17, 15) is 13.2 Å². The molecule has 0 spiro atoms. The lowest BCUT2D eigenvalue weighted by Crippen LogP contribution is -2.50. The number of piperazine rings is 1. The van der Waals surface area contributed by atoms with Gasteiger partial charge >= 0.3 is 0 Å². The molecule has 0 aromatic heterocycles. The van der Waals surface area contributed by atoms with Crippen molar-refractivity contribution in [2.24, 2.45) is 0 Å². The quantitative estimate of drug-likeness (QED) is 0.749. The number of hydrogen-bond acceptors (Lipinski definition) is 4. The summed E-state index contributed by atoms with van der Waals surface area (Å²) in [5.41, 5.74) is 0.459. The fraction of sp³-hybridized carbons (Fsp3) is 0.278. The van der Waals surface area contributed by atoms with E-state index in [1.165, 1.54) is 29.6 Å². The molecule has 1 amide bonds. The van der Waals surface area contributed by atoms with Gasteiger partial charge in [-0.05, 0) is 30.3 Å². The van der Waals surface area contributed by atoms with Gasteiger partial charge in [0, 0.05) is 26.2 Å². The van der Waals surface area contributed by atoms with Crippen molar-refractivity contribution in [2.45, 2.75) is 4.90 Å². The number of amides is 1. The topological polar surface area (TPSA) is 66.9 Å². The normalized spacial score (nSPS) is 15.6. The second kappa shape index (κ2) is 8.06. The lowest BCUT2D eigenvalue weighted by Gasteiger charge is -2.34. The Labute approximate surface area is 168 Å². The number of nitrogens with zero attached hydrogens (tertiary/aromatic N) is 2. The third-order valence-electron chi connectivity index (χ3n) is 4.39. The van der Waals surface area contributed by atoms with Gasteiger partial charge in [-0.25, -0.2) is 8.42 Å². The number of para-hydroxylation sites is 1. The highest BCUT2D eigenvalue weighted by molar-refractivity contribution is 7.89. The zero-order valence-electron chi connectivity index (χ0n) is 14.6. The van der Waals surface area contributed by atoms with Gasteiger partial charge in [0.1, 0.15) is 5.75 Å². The van der Waals surface area contributed by atoms with E-state index in [0.717, 1.165) is 0 Å². The first-order valence-electron chi connectivity index (χ1n) is 8.22. The van der Waals surface area contributed by atoms with Crippen LogP contribution < -0.4 is 4.74 Å². The van der Waals surface area contributed by atoms with Crippen LogP contribution >= 0.6 is 23.2 Å². The van der Waals surface area contributed by atoms with Crippen LogP contribution in [0.1, 0.15) is 10.4 Å². The zero-order valence-corrected chi connectivity index (χ0v) is 16.9. The number of hydrogen-bond donors (Lipinski definition) is 0. The van der Waals surface area contributed by atoms with Crippen molar-refractivity contribution in [2.75, 3.05) is 33.3 Å². The van der Waals surface area contributed by atoms with Crippen molar-refractivity contribution in [3.63, 3.8) is 0 Å². The van der Waals surface area contributed by atoms with Crippen LogP contribution in [-0.2, 0) is 10.0 Å². The van der Waals surface area contributed by atoms with Crippen LogP contribution in [0.5, 0.6) is 5.75 Å². The molecule has 1 aliphatic heterocycles. The number of methoxy groups -OCH3 is 1. The summed E-state index contributed by atoms with van der Waals surface area (Å²) in [5, 5.41) is 0.477. The molecule has 0 saturated carbocycles. The minimum Gasteiger partial charge on any atom is -0.496 e. The molecular weight excluding hydrogens is 411 g/mol. The van der Waals surface area contributed by atoms with Crippen molar-refractivity contribution in [1.82, 2.24) is 9.21 Å². The largest absolute Gasteiger partial charge is 0.496 e. The summed E-state index contributed by atoms with van der Waals surface area (Å²) in [6, 6.07) is 11.2. The van der Waals surface area contributed by atoms with Gasteiger partial charge in [-0.1, -0.05) is 35.3 Å². The Morgan fingerprint density at radius 2 is 1.67 bits per heavy atom. The molecule has 144 valence electrons. The van der Waals surface area contributed by atoms with Gasteiger partial charge < -0.3 is 9.64 Å². The van der Waals surface area contributed by atoms with E-state index >= 15 is 0 Å². The standard InChI is InChI=1S/C18H18Cl2N2O4S/c1-26-17-5-3-2-4-14(17)18(23)21-8-10-22(11-9-21)27(24,25)13-6-7-15(19)16(20)12-13/h2-7,12H,8-11H2,1H3. The molecule has 1 fully saturated rings. The fourth-order valence-corrected chi connectivity index (χ4v) is 4.72. The van der Waals surface area contributed by atoms with Crippen LogP contribution in [0.15, 0.2) is 47.4 Å². The molecule has 0 unspecified atom stereocenters. The highest BCUT2D eigenvalue weighted by Crippen LogP contribution is 2.27. The Kier molecular flexibility index (Phi) is 5.95. The minimum absolute atomic E-state index is 0.0846. The molecule has 0 radical (unpaired) electrons. The Balaban J connectivity index is 1.73. The van der Waals surface area contributed by atoms with Crippen LogP contribution in [0.3, 0.4) is 0 Å². The van der Waals surface area contributed by atoms with Gasteiger partial charge in [-0.15, -0.1) is 0 Å². The van der Waals surface area contributed by atoms with Gasteiger partial charge in [-0.3, -0.25) is 4.79 Å². The average Bonchev–Trinajstić information content (AvgIpc) is 2.69. The smallest absolute Gasteiger partial charge is 0.257 e. The van der Waals surface area contributed by atoms with Gasteiger partial charge in [0.25, 0.3) is 5.91 Å². The molecule has 1 saturated heterocycles. The Bertz CT molecular complexity index is 958. The summed E-state index contributed by atoms with van der Waals surface area (Å²) in [5.74, 6) is 0.312. The summed E-state index contributed by atoms with van der Waals surface area (Å²) in [7, 11) is -2.19. The summed E-state index contributed by atoms with van der Waals surface area (Å²) >= 11 is 11.8. The van der Waals surface area contributed by atoms with E-state index in [1.54, 1.807) is 29.2 Å². The number of carbonyl (C=O) groups is 1. The SMILES string of the molecule is COc1ccccc1C(=O)N1CCN(S(=O)(=O)c2ccc(Cl)c(Cl)c2)CC1. The predicted molar refractivity (Wildman–Crippen MR) is 104 cm³/mol. The van der Waals surface area contributed by atoms with Gasteiger partial charge in [0.05, 0.1) is 27.6 Å². The third-order valence-corrected chi connectivity index (χ3v) is 7.03. The monoisotopic (exact) mass is 428 g/mol. The van der Waals surface area contributed by atoms with E-state index in [1.807, 2.05) is 0 Å². The Morgan fingerprint density at radius 1 is 1.00 bits per heavy atom. The fourth-order valence-electron chi connectivity index (χ4n) is 2.91. The molecule has 0 bridgehead atoms. The molecule has 2 aromatic carbocycles. The van der Waals surface area contributed by atoms with Crippen molar-refractivity contribution in [3.05, 3.63) is 58.1 Å². The third kappa shape index (κ3) is 4.06. The van der Waals surface area contributed by atoms with Crippen molar-refractivity contribution >= 4 is 39.1 Å². The first-order chi connectivity index (χ1) is 12.8.